The molecular weight excluding hydrogens is 1230 g/mol. The number of amides is 8. The normalized spacial score (nSPS) is 29.8. The maximum absolute atomic E-state index is 13.8. The molecule has 4 aliphatic rings. The number of carbonyl (C=O) groups is 8. The van der Waals surface area contributed by atoms with E-state index in [-0.39, 0.29) is 104 Å². The van der Waals surface area contributed by atoms with Gasteiger partial charge in [0.1, 0.15) is 85.1 Å². The minimum Gasteiger partial charge on any atom is -0.394 e. The van der Waals surface area contributed by atoms with E-state index in [9.17, 15) is 84.3 Å². The summed E-state index contributed by atoms with van der Waals surface area (Å²) in [6.07, 6.45) is -15.5. The van der Waals surface area contributed by atoms with Crippen LogP contribution in [0.3, 0.4) is 0 Å². The molecule has 0 aromatic rings. The first-order valence-corrected chi connectivity index (χ1v) is 31.0. The van der Waals surface area contributed by atoms with Crippen molar-refractivity contribution in [2.24, 2.45) is 5.92 Å². The lowest BCUT2D eigenvalue weighted by atomic mass is 9.86. The van der Waals surface area contributed by atoms with Gasteiger partial charge in [-0.15, -0.1) is 0 Å². The molecule has 17 unspecified atom stereocenters. The Kier molecular flexibility index (Phi) is 35.5. The number of carbonyl (C=O) groups excluding carboxylic acids is 8. The monoisotopic (exact) mass is 1330 g/mol. The topological polar surface area (TPSA) is 507 Å². The van der Waals surface area contributed by atoms with E-state index in [0.29, 0.717) is 25.7 Å². The fourth-order valence-corrected chi connectivity index (χ4v) is 10.5. The summed E-state index contributed by atoms with van der Waals surface area (Å²) >= 11 is 0. The number of rotatable bonds is 39. The first-order valence-electron chi connectivity index (χ1n) is 31.0. The van der Waals surface area contributed by atoms with Crippen LogP contribution in [0.25, 0.3) is 0 Å². The molecule has 530 valence electrons. The Morgan fingerprint density at radius 3 is 1.15 bits per heavy atom. The summed E-state index contributed by atoms with van der Waals surface area (Å²) in [6.45, 7) is 6.45. The first kappa shape index (κ1) is 79.4. The molecule has 8 amide bonds. The lowest BCUT2D eigenvalue weighted by Gasteiger charge is -2.42. The van der Waals surface area contributed by atoms with Crippen LogP contribution >= 0.6 is 0 Å². The Morgan fingerprint density at radius 2 is 0.804 bits per heavy atom. The highest BCUT2D eigenvalue weighted by atomic mass is 16.7. The highest BCUT2D eigenvalue weighted by Gasteiger charge is 2.48. The number of aliphatic hydroxyl groups excluding tert-OH is 9. The van der Waals surface area contributed by atoms with E-state index >= 15 is 0 Å². The van der Waals surface area contributed by atoms with Gasteiger partial charge in [0, 0.05) is 59.2 Å². The summed E-state index contributed by atoms with van der Waals surface area (Å²) < 4.78 is 56.4. The fraction of sp³-hybridized carbons (Fsp3) is 0.860. The lowest BCUT2D eigenvalue weighted by molar-refractivity contribution is -0.272. The van der Waals surface area contributed by atoms with Crippen LogP contribution in [-0.4, -0.2) is 308 Å². The smallest absolute Gasteiger partial charge is 0.242 e. The maximum Gasteiger partial charge on any atom is 0.242 e. The third-order valence-electron chi connectivity index (χ3n) is 15.1. The Morgan fingerprint density at radius 1 is 0.457 bits per heavy atom. The molecule has 3 saturated heterocycles. The molecule has 0 aromatic heterocycles. The van der Waals surface area contributed by atoms with Gasteiger partial charge in [-0.1, -0.05) is 0 Å². The van der Waals surface area contributed by atoms with Crippen molar-refractivity contribution in [2.75, 3.05) is 98.9 Å². The summed E-state index contributed by atoms with van der Waals surface area (Å²) in [6, 6.07) is -6.09. The molecule has 0 aromatic carbocycles. The average molecular weight is 1330 g/mol. The van der Waals surface area contributed by atoms with Gasteiger partial charge >= 0.3 is 0 Å². The summed E-state index contributed by atoms with van der Waals surface area (Å²) in [4.78, 5) is 104. The Labute approximate surface area is 533 Å². The largest absolute Gasteiger partial charge is 0.394 e. The highest BCUT2D eigenvalue weighted by Crippen LogP contribution is 2.30. The Balaban J connectivity index is 1.35. The number of nitrogens with one attached hydrogen (secondary N) is 8. The average Bonchev–Trinajstić information content (AvgIpc) is 0.846. The van der Waals surface area contributed by atoms with Crippen molar-refractivity contribution in [1.29, 1.82) is 0 Å². The van der Waals surface area contributed by atoms with Crippen LogP contribution in [0.15, 0.2) is 0 Å². The highest BCUT2D eigenvalue weighted by molar-refractivity contribution is 5.90. The molecule has 92 heavy (non-hydrogen) atoms. The second-order valence-corrected chi connectivity index (χ2v) is 23.6. The van der Waals surface area contributed by atoms with Crippen LogP contribution in [0.2, 0.25) is 0 Å². The molecule has 17 N–H and O–H groups in total. The zero-order valence-electron chi connectivity index (χ0n) is 53.1. The van der Waals surface area contributed by atoms with Crippen molar-refractivity contribution in [3.8, 4) is 0 Å². The van der Waals surface area contributed by atoms with Crippen LogP contribution < -0.4 is 42.5 Å². The number of ether oxygens (including phenoxy) is 10. The summed E-state index contributed by atoms with van der Waals surface area (Å²) in [5.74, 6) is -5.13. The number of hydrogen-bond donors (Lipinski definition) is 17. The Hall–Kier alpha value is -5.00. The van der Waals surface area contributed by atoms with E-state index < -0.39 is 189 Å². The fourth-order valence-electron chi connectivity index (χ4n) is 10.5. The lowest BCUT2D eigenvalue weighted by Crippen LogP contribution is -2.64. The number of aliphatic hydroxyl groups is 9. The predicted molar refractivity (Wildman–Crippen MR) is 314 cm³/mol. The van der Waals surface area contributed by atoms with Gasteiger partial charge in [0.15, 0.2) is 18.9 Å². The van der Waals surface area contributed by atoms with Gasteiger partial charge < -0.3 is 136 Å². The zero-order chi connectivity index (χ0) is 68.1. The molecule has 3 aliphatic heterocycles. The standard InChI is InChI=1S/C57H100N8O27/c1-30(69)61-42-48(77)45(74)37(27-66)89-54(42)86-24-21-83-18-15-58-40(72)13-11-35(52(81)59-16-19-84-22-25-87-55-43(62-31(2)70)49(78)46(75)38(28-67)90-55)64-41(73)14-12-36(65-51(80)33-7-9-34(10-8-33)92-57(4,5)6)53(82)60-17-20-85-23-26-88-56-44(63-32(3)71)50(79)47(76)39(29-68)91-56/h33-39,42-50,54-56,66-68,74-79H,7-29H2,1-6H3,(H,58,72)(H,59,81)(H,60,82)(H,61,69)(H,62,70)(H,63,71)(H,64,73)(H,65,80)/t33-,34+,35?,36?,37?,38?,39?,42?,43?,44?,45?,46?,47?,48?,49?,50?,54?,55?,56?. The quantitative estimate of drug-likeness (QED) is 0.0254. The Bertz CT molecular complexity index is 2270. The molecule has 4 fully saturated rings. The molecule has 17 atom stereocenters. The second kappa shape index (κ2) is 41.1. The van der Waals surface area contributed by atoms with Crippen LogP contribution in [0, 0.1) is 5.92 Å². The zero-order valence-corrected chi connectivity index (χ0v) is 53.1. The summed E-state index contributed by atoms with van der Waals surface area (Å²) in [5, 5.41) is 112. The minimum absolute atomic E-state index is 0.00969. The van der Waals surface area contributed by atoms with Gasteiger partial charge in [-0.2, -0.15) is 0 Å². The molecule has 4 rings (SSSR count). The van der Waals surface area contributed by atoms with Gasteiger partial charge in [-0.3, -0.25) is 38.4 Å². The van der Waals surface area contributed by atoms with E-state index in [1.165, 1.54) is 20.8 Å². The van der Waals surface area contributed by atoms with Gasteiger partial charge in [0.2, 0.25) is 47.3 Å². The second-order valence-electron chi connectivity index (χ2n) is 23.6. The van der Waals surface area contributed by atoms with Crippen LogP contribution in [0.5, 0.6) is 0 Å². The molecule has 0 spiro atoms. The third-order valence-corrected chi connectivity index (χ3v) is 15.1. The van der Waals surface area contributed by atoms with E-state index in [2.05, 4.69) is 42.5 Å². The van der Waals surface area contributed by atoms with Crippen LogP contribution in [-0.2, 0) is 85.7 Å². The molecular formula is C57H100N8O27. The number of hydrogen-bond acceptors (Lipinski definition) is 27. The van der Waals surface area contributed by atoms with Crippen molar-refractivity contribution in [2.45, 2.75) is 209 Å². The van der Waals surface area contributed by atoms with E-state index in [1.54, 1.807) is 0 Å². The molecule has 1 aliphatic carbocycles. The molecule has 0 bridgehead atoms. The molecule has 1 saturated carbocycles. The first-order chi connectivity index (χ1) is 43.7. The van der Waals surface area contributed by atoms with Crippen LogP contribution in [0.1, 0.15) is 92.9 Å². The molecule has 35 heteroatoms. The predicted octanol–water partition coefficient (Wildman–Crippen LogP) is -7.83. The molecule has 3 heterocycles. The van der Waals surface area contributed by atoms with Gasteiger partial charge in [-0.25, -0.2) is 0 Å². The van der Waals surface area contributed by atoms with Gasteiger partial charge in [0.25, 0.3) is 0 Å². The van der Waals surface area contributed by atoms with Gasteiger partial charge in [0.05, 0.1) is 91.0 Å². The van der Waals surface area contributed by atoms with Crippen molar-refractivity contribution in [1.82, 2.24) is 42.5 Å². The summed E-state index contributed by atoms with van der Waals surface area (Å²) in [7, 11) is 0. The third kappa shape index (κ3) is 27.4. The van der Waals surface area contributed by atoms with E-state index in [4.69, 9.17) is 47.4 Å². The van der Waals surface area contributed by atoms with Crippen molar-refractivity contribution < 1.29 is 132 Å². The molecule has 35 nitrogen and oxygen atoms in total. The van der Waals surface area contributed by atoms with Crippen LogP contribution in [0.4, 0.5) is 0 Å². The van der Waals surface area contributed by atoms with E-state index in [1.807, 2.05) is 20.8 Å². The van der Waals surface area contributed by atoms with E-state index in [0.717, 1.165) is 0 Å². The summed E-state index contributed by atoms with van der Waals surface area (Å²) in [5.41, 5.74) is -0.396. The molecule has 0 radical (unpaired) electrons. The van der Waals surface area contributed by atoms with Crippen molar-refractivity contribution >= 4 is 47.3 Å². The SMILES string of the molecule is CC(=O)NC1C(OCCOCCNC(=O)CCC(NC(=O)CCC(NC(=O)[C@H]2CC[C@@H](OC(C)(C)C)CC2)C(=O)NCCOCCOC2OC(CO)C(O)C(O)C2NC(C)=O)C(=O)NCCOCCOC2OC(CO)C(O)C(O)C2NC(C)=O)OC(CO)C(O)C1O. The maximum atomic E-state index is 13.8. The van der Waals surface area contributed by atoms with Crippen molar-refractivity contribution in [3.05, 3.63) is 0 Å². The van der Waals surface area contributed by atoms with Gasteiger partial charge in [-0.05, 0) is 59.3 Å². The van der Waals surface area contributed by atoms with Crippen molar-refractivity contribution in [3.63, 3.8) is 0 Å². The minimum atomic E-state index is -1.53.